The third-order valence-electron chi connectivity index (χ3n) is 2.39. The molecule has 0 saturated heterocycles. The predicted octanol–water partition coefficient (Wildman–Crippen LogP) is 3.14. The van der Waals surface area contributed by atoms with E-state index in [1.54, 1.807) is 7.11 Å². The van der Waals surface area contributed by atoms with Gasteiger partial charge in [-0.2, -0.15) is 0 Å². The molecule has 0 fully saturated rings. The van der Waals surface area contributed by atoms with E-state index in [4.69, 9.17) is 14.2 Å². The molecule has 0 bridgehead atoms. The summed E-state index contributed by atoms with van der Waals surface area (Å²) in [6.07, 6.45) is 4.56. The van der Waals surface area contributed by atoms with Gasteiger partial charge in [0, 0.05) is 7.11 Å². The van der Waals surface area contributed by atoms with E-state index in [2.05, 4.69) is 6.92 Å². The molecule has 0 heterocycles. The van der Waals surface area contributed by atoms with Gasteiger partial charge in [0.15, 0.2) is 0 Å². The number of carbonyl (C=O) groups is 1. The molecule has 0 aromatic rings. The van der Waals surface area contributed by atoms with Crippen molar-refractivity contribution in [2.24, 2.45) is 0 Å². The Labute approximate surface area is 98.3 Å². The second-order valence-corrected chi connectivity index (χ2v) is 3.74. The van der Waals surface area contributed by atoms with Crippen LogP contribution in [0.4, 0.5) is 4.79 Å². The van der Waals surface area contributed by atoms with Gasteiger partial charge in [-0.25, -0.2) is 4.79 Å². The van der Waals surface area contributed by atoms with Gasteiger partial charge in [-0.1, -0.05) is 33.1 Å². The summed E-state index contributed by atoms with van der Waals surface area (Å²) in [6.45, 7) is 4.84. The molecule has 0 aliphatic rings. The summed E-state index contributed by atoms with van der Waals surface area (Å²) < 4.78 is 14.9. The summed E-state index contributed by atoms with van der Waals surface area (Å²) in [5.74, 6) is 0. The number of unbranched alkanes of at least 4 members (excludes halogenated alkanes) is 3. The summed E-state index contributed by atoms with van der Waals surface area (Å²) in [6, 6.07) is 0. The Morgan fingerprint density at radius 1 is 1.12 bits per heavy atom. The van der Waals surface area contributed by atoms with Gasteiger partial charge in [0.05, 0.1) is 12.7 Å². The maximum absolute atomic E-state index is 11.1. The van der Waals surface area contributed by atoms with E-state index in [0.717, 1.165) is 19.3 Å². The van der Waals surface area contributed by atoms with Crippen molar-refractivity contribution in [1.29, 1.82) is 0 Å². The second-order valence-electron chi connectivity index (χ2n) is 3.74. The molecule has 0 aromatic heterocycles. The van der Waals surface area contributed by atoms with Crippen molar-refractivity contribution in [3.8, 4) is 0 Å². The SMILES string of the molecule is CCCCCCOC(=O)OCC(CC)OC. The van der Waals surface area contributed by atoms with Gasteiger partial charge in [-0.15, -0.1) is 0 Å². The Hall–Kier alpha value is -0.770. The van der Waals surface area contributed by atoms with Crippen LogP contribution in [0.3, 0.4) is 0 Å². The molecular formula is C12H24O4. The number of ether oxygens (including phenoxy) is 3. The number of hydrogen-bond acceptors (Lipinski definition) is 4. The van der Waals surface area contributed by atoms with Crippen LogP contribution >= 0.6 is 0 Å². The average molecular weight is 232 g/mol. The monoisotopic (exact) mass is 232 g/mol. The van der Waals surface area contributed by atoms with Crippen molar-refractivity contribution in [2.75, 3.05) is 20.3 Å². The zero-order valence-electron chi connectivity index (χ0n) is 10.7. The highest BCUT2D eigenvalue weighted by atomic mass is 16.7. The summed E-state index contributed by atoms with van der Waals surface area (Å²) in [4.78, 5) is 11.1. The molecule has 1 atom stereocenters. The molecular weight excluding hydrogens is 208 g/mol. The van der Waals surface area contributed by atoms with E-state index in [1.165, 1.54) is 12.8 Å². The summed E-state index contributed by atoms with van der Waals surface area (Å²) in [7, 11) is 1.60. The molecule has 16 heavy (non-hydrogen) atoms. The first-order valence-electron chi connectivity index (χ1n) is 6.06. The fourth-order valence-electron chi connectivity index (χ4n) is 1.24. The maximum Gasteiger partial charge on any atom is 0.508 e. The Morgan fingerprint density at radius 3 is 2.44 bits per heavy atom. The standard InChI is InChI=1S/C12H24O4/c1-4-6-7-8-9-15-12(13)16-10-11(5-2)14-3/h11H,4-10H2,1-3H3. The minimum Gasteiger partial charge on any atom is -0.434 e. The van der Waals surface area contributed by atoms with Gasteiger partial charge in [0.2, 0.25) is 0 Å². The molecule has 0 N–H and O–H groups in total. The highest BCUT2D eigenvalue weighted by Crippen LogP contribution is 2.01. The lowest BCUT2D eigenvalue weighted by atomic mass is 10.2. The highest BCUT2D eigenvalue weighted by molar-refractivity contribution is 5.59. The topological polar surface area (TPSA) is 44.8 Å². The first-order chi connectivity index (χ1) is 7.74. The molecule has 0 aliphatic carbocycles. The van der Waals surface area contributed by atoms with Crippen LogP contribution in [0.5, 0.6) is 0 Å². The molecule has 0 radical (unpaired) electrons. The zero-order chi connectivity index (χ0) is 12.2. The molecule has 0 saturated carbocycles. The van der Waals surface area contributed by atoms with Gasteiger partial charge in [0.1, 0.15) is 6.61 Å². The lowest BCUT2D eigenvalue weighted by Gasteiger charge is -2.12. The lowest BCUT2D eigenvalue weighted by Crippen LogP contribution is -2.20. The first kappa shape index (κ1) is 15.2. The zero-order valence-corrected chi connectivity index (χ0v) is 10.7. The average Bonchev–Trinajstić information content (AvgIpc) is 2.30. The number of hydrogen-bond donors (Lipinski definition) is 0. The molecule has 4 nitrogen and oxygen atoms in total. The molecule has 4 heteroatoms. The van der Waals surface area contributed by atoms with Crippen molar-refractivity contribution < 1.29 is 19.0 Å². The van der Waals surface area contributed by atoms with Crippen LogP contribution in [0, 0.1) is 0 Å². The van der Waals surface area contributed by atoms with Crippen LogP contribution in [0.2, 0.25) is 0 Å². The van der Waals surface area contributed by atoms with Crippen LogP contribution < -0.4 is 0 Å². The highest BCUT2D eigenvalue weighted by Gasteiger charge is 2.09. The van der Waals surface area contributed by atoms with E-state index in [1.807, 2.05) is 6.92 Å². The van der Waals surface area contributed by atoms with Crippen LogP contribution in [0.25, 0.3) is 0 Å². The molecule has 1 unspecified atom stereocenters. The van der Waals surface area contributed by atoms with Crippen molar-refractivity contribution in [3.05, 3.63) is 0 Å². The van der Waals surface area contributed by atoms with Crippen molar-refractivity contribution in [2.45, 2.75) is 52.1 Å². The number of carbonyl (C=O) groups excluding carboxylic acids is 1. The Kier molecular flexibility index (Phi) is 10.2. The lowest BCUT2D eigenvalue weighted by molar-refractivity contribution is 0.000726. The third kappa shape index (κ3) is 8.53. The van der Waals surface area contributed by atoms with Crippen LogP contribution in [-0.4, -0.2) is 32.6 Å². The third-order valence-corrected chi connectivity index (χ3v) is 2.39. The first-order valence-corrected chi connectivity index (χ1v) is 6.06. The largest absolute Gasteiger partial charge is 0.508 e. The Morgan fingerprint density at radius 2 is 1.88 bits per heavy atom. The van der Waals surface area contributed by atoms with Crippen LogP contribution in [0.15, 0.2) is 0 Å². The summed E-state index contributed by atoms with van der Waals surface area (Å²) in [5, 5.41) is 0. The second kappa shape index (κ2) is 10.7. The van der Waals surface area contributed by atoms with Gasteiger partial charge >= 0.3 is 6.16 Å². The van der Waals surface area contributed by atoms with Gasteiger partial charge in [-0.3, -0.25) is 0 Å². The fraction of sp³-hybridized carbons (Fsp3) is 0.917. The van der Waals surface area contributed by atoms with Crippen LogP contribution in [0.1, 0.15) is 46.0 Å². The smallest absolute Gasteiger partial charge is 0.434 e. The number of rotatable bonds is 9. The fourth-order valence-corrected chi connectivity index (χ4v) is 1.24. The Balaban J connectivity index is 3.37. The minimum absolute atomic E-state index is 0.0346. The van der Waals surface area contributed by atoms with Crippen molar-refractivity contribution in [1.82, 2.24) is 0 Å². The van der Waals surface area contributed by atoms with Gasteiger partial charge < -0.3 is 14.2 Å². The molecule has 0 amide bonds. The van der Waals surface area contributed by atoms with E-state index in [-0.39, 0.29) is 12.7 Å². The number of methoxy groups -OCH3 is 1. The quantitative estimate of drug-likeness (QED) is 0.452. The van der Waals surface area contributed by atoms with E-state index in [9.17, 15) is 4.79 Å². The van der Waals surface area contributed by atoms with Crippen molar-refractivity contribution in [3.63, 3.8) is 0 Å². The van der Waals surface area contributed by atoms with Gasteiger partial charge in [0.25, 0.3) is 0 Å². The summed E-state index contributed by atoms with van der Waals surface area (Å²) >= 11 is 0. The Bertz CT molecular complexity index is 166. The van der Waals surface area contributed by atoms with E-state index < -0.39 is 6.16 Å². The van der Waals surface area contributed by atoms with E-state index >= 15 is 0 Å². The molecule has 0 aliphatic heterocycles. The summed E-state index contributed by atoms with van der Waals surface area (Å²) in [5.41, 5.74) is 0. The minimum atomic E-state index is -0.591. The molecule has 0 spiro atoms. The maximum atomic E-state index is 11.1. The van der Waals surface area contributed by atoms with E-state index in [0.29, 0.717) is 6.61 Å². The van der Waals surface area contributed by atoms with Crippen molar-refractivity contribution >= 4 is 6.16 Å². The molecule has 0 aromatic carbocycles. The van der Waals surface area contributed by atoms with Crippen LogP contribution in [-0.2, 0) is 14.2 Å². The predicted molar refractivity (Wildman–Crippen MR) is 62.5 cm³/mol. The normalized spacial score (nSPS) is 12.2. The van der Waals surface area contributed by atoms with Gasteiger partial charge in [-0.05, 0) is 12.8 Å². The molecule has 0 rings (SSSR count). The molecule has 96 valence electrons.